The van der Waals surface area contributed by atoms with Crippen LogP contribution in [-0.2, 0) is 6.54 Å². The molecule has 2 heterocycles. The van der Waals surface area contributed by atoms with Crippen LogP contribution in [0.5, 0.6) is 5.75 Å². The van der Waals surface area contributed by atoms with Gasteiger partial charge in [0, 0.05) is 32.7 Å². The molecule has 29 heavy (non-hydrogen) atoms. The van der Waals surface area contributed by atoms with Crippen molar-refractivity contribution < 1.29 is 4.74 Å². The zero-order valence-corrected chi connectivity index (χ0v) is 18.5. The van der Waals surface area contributed by atoms with Crippen LogP contribution in [0, 0.1) is 5.92 Å². The number of piperidine rings is 1. The predicted molar refractivity (Wildman–Crippen MR) is 121 cm³/mol. The molecule has 2 aliphatic rings. The Hall–Kier alpha value is -1.79. The summed E-state index contributed by atoms with van der Waals surface area (Å²) in [7, 11) is 3.59. The summed E-state index contributed by atoms with van der Waals surface area (Å²) in [5.74, 6) is 2.60. The number of methoxy groups -OCH3 is 1. The highest BCUT2D eigenvalue weighted by Gasteiger charge is 2.23. The molecular weight excluding hydrogens is 362 g/mol. The van der Waals surface area contributed by atoms with Crippen LogP contribution < -0.4 is 15.4 Å². The highest BCUT2D eigenvalue weighted by atomic mass is 16.5. The normalized spacial score (nSPS) is 22.0. The molecule has 6 nitrogen and oxygen atoms in total. The second-order valence-corrected chi connectivity index (χ2v) is 8.33. The predicted octanol–water partition coefficient (Wildman–Crippen LogP) is 2.56. The van der Waals surface area contributed by atoms with Crippen LogP contribution in [0.3, 0.4) is 0 Å². The number of nitrogens with zero attached hydrogens (tertiary/aromatic N) is 3. The molecule has 0 spiro atoms. The van der Waals surface area contributed by atoms with Crippen molar-refractivity contribution in [3.05, 3.63) is 29.8 Å². The van der Waals surface area contributed by atoms with Crippen LogP contribution >= 0.6 is 0 Å². The Kier molecular flexibility index (Phi) is 8.62. The van der Waals surface area contributed by atoms with E-state index in [2.05, 4.69) is 56.6 Å². The van der Waals surface area contributed by atoms with Crippen LogP contribution in [0.4, 0.5) is 0 Å². The largest absolute Gasteiger partial charge is 0.497 e. The molecule has 0 bridgehead atoms. The number of ether oxygens (including phenoxy) is 1. The lowest BCUT2D eigenvalue weighted by Gasteiger charge is -2.32. The van der Waals surface area contributed by atoms with Crippen LogP contribution in [0.25, 0.3) is 0 Å². The molecule has 1 atom stereocenters. The fraction of sp³-hybridized carbons (Fsp3) is 0.696. The average molecular weight is 402 g/mol. The van der Waals surface area contributed by atoms with Gasteiger partial charge in [-0.25, -0.2) is 0 Å². The quantitative estimate of drug-likeness (QED) is 0.518. The van der Waals surface area contributed by atoms with Gasteiger partial charge < -0.3 is 15.4 Å². The van der Waals surface area contributed by atoms with Crippen molar-refractivity contribution in [2.24, 2.45) is 10.9 Å². The topological polar surface area (TPSA) is 52.1 Å². The molecule has 2 saturated heterocycles. The van der Waals surface area contributed by atoms with Gasteiger partial charge in [-0.1, -0.05) is 19.1 Å². The molecule has 3 rings (SSSR count). The van der Waals surface area contributed by atoms with Gasteiger partial charge in [0.2, 0.25) is 0 Å². The first-order chi connectivity index (χ1) is 14.2. The average Bonchev–Trinajstić information content (AvgIpc) is 3.23. The number of rotatable bonds is 8. The van der Waals surface area contributed by atoms with Gasteiger partial charge in [0.1, 0.15) is 5.75 Å². The van der Waals surface area contributed by atoms with Gasteiger partial charge in [0.05, 0.1) is 7.11 Å². The monoisotopic (exact) mass is 401 g/mol. The minimum atomic E-state index is 0.653. The van der Waals surface area contributed by atoms with Crippen molar-refractivity contribution in [2.45, 2.75) is 45.2 Å². The summed E-state index contributed by atoms with van der Waals surface area (Å²) >= 11 is 0. The Morgan fingerprint density at radius 2 is 1.79 bits per heavy atom. The molecule has 0 aliphatic carbocycles. The molecule has 2 N–H and O–H groups in total. The Morgan fingerprint density at radius 3 is 2.45 bits per heavy atom. The molecule has 1 aromatic carbocycles. The van der Waals surface area contributed by atoms with Gasteiger partial charge in [0.15, 0.2) is 5.96 Å². The van der Waals surface area contributed by atoms with Crippen molar-refractivity contribution in [3.8, 4) is 5.75 Å². The number of hydrogen-bond donors (Lipinski definition) is 2. The van der Waals surface area contributed by atoms with E-state index in [0.29, 0.717) is 6.04 Å². The van der Waals surface area contributed by atoms with Gasteiger partial charge >= 0.3 is 0 Å². The van der Waals surface area contributed by atoms with E-state index < -0.39 is 0 Å². The number of aliphatic imine (C=N–C) groups is 1. The zero-order valence-electron chi connectivity index (χ0n) is 18.5. The number of guanidine groups is 1. The first-order valence-corrected chi connectivity index (χ1v) is 11.3. The number of hydrogen-bond acceptors (Lipinski definition) is 4. The van der Waals surface area contributed by atoms with Gasteiger partial charge in [-0.2, -0.15) is 0 Å². The molecule has 2 fully saturated rings. The van der Waals surface area contributed by atoms with E-state index in [0.717, 1.165) is 56.9 Å². The first-order valence-electron chi connectivity index (χ1n) is 11.3. The Morgan fingerprint density at radius 1 is 1.07 bits per heavy atom. The lowest BCUT2D eigenvalue weighted by molar-refractivity contribution is 0.178. The lowest BCUT2D eigenvalue weighted by Crippen LogP contribution is -2.46. The molecule has 2 aliphatic heterocycles. The fourth-order valence-electron chi connectivity index (χ4n) is 4.56. The summed E-state index contributed by atoms with van der Waals surface area (Å²) in [6, 6.07) is 9.10. The number of likely N-dealkylation sites (tertiary alicyclic amines) is 2. The molecule has 0 saturated carbocycles. The second-order valence-electron chi connectivity index (χ2n) is 8.33. The van der Waals surface area contributed by atoms with E-state index in [4.69, 9.17) is 4.74 Å². The van der Waals surface area contributed by atoms with Crippen molar-refractivity contribution in [2.75, 3.05) is 53.4 Å². The first kappa shape index (κ1) is 21.9. The van der Waals surface area contributed by atoms with Gasteiger partial charge in [-0.15, -0.1) is 0 Å². The van der Waals surface area contributed by atoms with Gasteiger partial charge in [-0.3, -0.25) is 14.8 Å². The summed E-state index contributed by atoms with van der Waals surface area (Å²) in [6.45, 7) is 10.0. The number of nitrogens with one attached hydrogen (secondary N) is 2. The van der Waals surface area contributed by atoms with Gasteiger partial charge in [-0.05, 0) is 75.5 Å². The van der Waals surface area contributed by atoms with Gasteiger partial charge in [0.25, 0.3) is 0 Å². The van der Waals surface area contributed by atoms with Crippen molar-refractivity contribution in [3.63, 3.8) is 0 Å². The maximum atomic E-state index is 5.25. The van der Waals surface area contributed by atoms with E-state index in [9.17, 15) is 0 Å². The molecule has 162 valence electrons. The lowest BCUT2D eigenvalue weighted by atomic mass is 9.96. The zero-order chi connectivity index (χ0) is 20.5. The number of likely N-dealkylation sites (N-methyl/N-ethyl adjacent to an activating group) is 1. The minimum absolute atomic E-state index is 0.653. The van der Waals surface area contributed by atoms with Crippen molar-refractivity contribution >= 4 is 5.96 Å². The molecule has 6 heteroatoms. The third kappa shape index (κ3) is 6.61. The fourth-order valence-corrected chi connectivity index (χ4v) is 4.56. The smallest absolute Gasteiger partial charge is 0.191 e. The third-order valence-corrected chi connectivity index (χ3v) is 6.46. The summed E-state index contributed by atoms with van der Waals surface area (Å²) in [5.41, 5.74) is 1.36. The maximum absolute atomic E-state index is 5.25. The highest BCUT2D eigenvalue weighted by molar-refractivity contribution is 5.79. The maximum Gasteiger partial charge on any atom is 0.191 e. The minimum Gasteiger partial charge on any atom is -0.497 e. The summed E-state index contributed by atoms with van der Waals surface area (Å²) < 4.78 is 5.25. The van der Waals surface area contributed by atoms with E-state index in [1.807, 2.05) is 7.05 Å². The SMILES string of the molecule is CCN1CCCC1CNC(=NC)NCC1CCN(Cc2ccc(OC)cc2)CC1. The molecule has 0 amide bonds. The van der Waals surface area contributed by atoms with Crippen LogP contribution in [0.2, 0.25) is 0 Å². The molecule has 1 unspecified atom stereocenters. The Labute approximate surface area is 176 Å². The Balaban J connectivity index is 1.34. The van der Waals surface area contributed by atoms with Crippen LogP contribution in [-0.4, -0.2) is 75.2 Å². The van der Waals surface area contributed by atoms with Crippen molar-refractivity contribution in [1.82, 2.24) is 20.4 Å². The van der Waals surface area contributed by atoms with E-state index in [-0.39, 0.29) is 0 Å². The van der Waals surface area contributed by atoms with E-state index in [1.54, 1.807) is 7.11 Å². The second kappa shape index (κ2) is 11.4. The van der Waals surface area contributed by atoms with E-state index in [1.165, 1.54) is 37.8 Å². The summed E-state index contributed by atoms with van der Waals surface area (Å²) in [4.78, 5) is 9.55. The van der Waals surface area contributed by atoms with Crippen LogP contribution in [0.15, 0.2) is 29.3 Å². The molecular formula is C23H39N5O. The number of benzene rings is 1. The molecule has 0 radical (unpaired) electrons. The standard InChI is InChI=1S/C23H39N5O/c1-4-28-13-5-6-21(28)17-26-23(24-2)25-16-19-11-14-27(15-12-19)18-20-7-9-22(29-3)10-8-20/h7-10,19,21H,4-6,11-18H2,1-3H3,(H2,24,25,26). The van der Waals surface area contributed by atoms with E-state index >= 15 is 0 Å². The molecule has 0 aromatic heterocycles. The Bertz CT molecular complexity index is 625. The van der Waals surface area contributed by atoms with Crippen LogP contribution in [0.1, 0.15) is 38.2 Å². The summed E-state index contributed by atoms with van der Waals surface area (Å²) in [6.07, 6.45) is 5.10. The van der Waals surface area contributed by atoms with Crippen molar-refractivity contribution in [1.29, 1.82) is 0 Å². The molecule has 1 aromatic rings. The summed E-state index contributed by atoms with van der Waals surface area (Å²) in [5, 5.41) is 7.10. The highest BCUT2D eigenvalue weighted by Crippen LogP contribution is 2.20. The third-order valence-electron chi connectivity index (χ3n) is 6.46.